The summed E-state index contributed by atoms with van der Waals surface area (Å²) < 4.78 is 0. The molecule has 16 heavy (non-hydrogen) atoms. The van der Waals surface area contributed by atoms with Crippen LogP contribution in [0.4, 0.5) is 0 Å². The Morgan fingerprint density at radius 2 is 2.56 bits per heavy atom. The highest BCUT2D eigenvalue weighted by atomic mass is 16.2. The van der Waals surface area contributed by atoms with Gasteiger partial charge in [0.25, 0.3) is 0 Å². The van der Waals surface area contributed by atoms with E-state index in [1.165, 1.54) is 0 Å². The Kier molecular flexibility index (Phi) is 4.55. The van der Waals surface area contributed by atoms with Gasteiger partial charge in [0.05, 0.1) is 12.1 Å². The predicted octanol–water partition coefficient (Wildman–Crippen LogP) is 0.328. The highest BCUT2D eigenvalue weighted by Gasteiger charge is 2.18. The van der Waals surface area contributed by atoms with Gasteiger partial charge in [-0.2, -0.15) is 0 Å². The summed E-state index contributed by atoms with van der Waals surface area (Å²) in [6.07, 6.45) is 9.43. The quantitative estimate of drug-likeness (QED) is 0.625. The molecule has 1 heterocycles. The number of H-pyrrole nitrogens is 1. The molecule has 0 radical (unpaired) electrons. The molecule has 0 spiro atoms. The van der Waals surface area contributed by atoms with E-state index >= 15 is 0 Å². The van der Waals surface area contributed by atoms with Gasteiger partial charge in [-0.05, 0) is 6.42 Å². The van der Waals surface area contributed by atoms with E-state index in [1.807, 2.05) is 6.92 Å². The third-order valence-corrected chi connectivity index (χ3v) is 2.25. The average Bonchev–Trinajstić information content (AvgIpc) is 2.79. The molecule has 1 rings (SSSR count). The van der Waals surface area contributed by atoms with Crippen molar-refractivity contribution in [3.05, 3.63) is 18.2 Å². The van der Waals surface area contributed by atoms with Crippen molar-refractivity contribution in [2.24, 2.45) is 5.73 Å². The van der Waals surface area contributed by atoms with Crippen LogP contribution in [-0.4, -0.2) is 21.9 Å². The number of hydrogen-bond donors (Lipinski definition) is 3. The highest BCUT2D eigenvalue weighted by Crippen LogP contribution is 2.11. The fourth-order valence-electron chi connectivity index (χ4n) is 1.33. The Hall–Kier alpha value is -1.80. The summed E-state index contributed by atoms with van der Waals surface area (Å²) in [5.74, 6) is 2.84. The summed E-state index contributed by atoms with van der Waals surface area (Å²) in [4.78, 5) is 18.7. The minimum Gasteiger partial charge on any atom is -0.347 e. The zero-order valence-electron chi connectivity index (χ0n) is 9.23. The van der Waals surface area contributed by atoms with E-state index in [9.17, 15) is 4.79 Å². The second-order valence-corrected chi connectivity index (χ2v) is 3.46. The predicted molar refractivity (Wildman–Crippen MR) is 61.2 cm³/mol. The van der Waals surface area contributed by atoms with Crippen LogP contribution in [0.1, 0.15) is 31.6 Å². The molecule has 5 heteroatoms. The lowest BCUT2D eigenvalue weighted by Crippen LogP contribution is -2.42. The molecule has 1 aromatic heterocycles. The number of nitrogens with two attached hydrogens (primary N) is 1. The van der Waals surface area contributed by atoms with E-state index in [0.29, 0.717) is 0 Å². The topological polar surface area (TPSA) is 83.8 Å². The molecular weight excluding hydrogens is 204 g/mol. The van der Waals surface area contributed by atoms with Crippen LogP contribution in [0, 0.1) is 12.3 Å². The van der Waals surface area contributed by atoms with Crippen LogP contribution in [0.5, 0.6) is 0 Å². The summed E-state index contributed by atoms with van der Waals surface area (Å²) in [7, 11) is 0. The van der Waals surface area contributed by atoms with Crippen molar-refractivity contribution < 1.29 is 4.79 Å². The Labute approximate surface area is 94.8 Å². The molecule has 4 N–H and O–H groups in total. The molecule has 5 nitrogen and oxygen atoms in total. The number of rotatable bonds is 5. The smallest absolute Gasteiger partial charge is 0.238 e. The lowest BCUT2D eigenvalue weighted by atomic mass is 10.1. The fourth-order valence-corrected chi connectivity index (χ4v) is 1.33. The van der Waals surface area contributed by atoms with Gasteiger partial charge in [0.15, 0.2) is 0 Å². The molecule has 0 saturated heterocycles. The summed E-state index contributed by atoms with van der Waals surface area (Å²) in [6, 6.07) is -0.805. The van der Waals surface area contributed by atoms with Gasteiger partial charge < -0.3 is 16.0 Å². The van der Waals surface area contributed by atoms with Crippen LogP contribution in [0.15, 0.2) is 12.4 Å². The Bertz CT molecular complexity index is 366. The van der Waals surface area contributed by atoms with Gasteiger partial charge in [-0.1, -0.05) is 6.92 Å². The maximum absolute atomic E-state index is 11.6. The minimum atomic E-state index is -0.658. The number of aromatic amines is 1. The largest absolute Gasteiger partial charge is 0.347 e. The normalized spacial score (nSPS) is 13.8. The van der Waals surface area contributed by atoms with Crippen LogP contribution in [-0.2, 0) is 4.79 Å². The lowest BCUT2D eigenvalue weighted by molar-refractivity contribution is -0.123. The van der Waals surface area contributed by atoms with E-state index in [0.717, 1.165) is 12.2 Å². The molecule has 1 aromatic rings. The Morgan fingerprint density at radius 1 is 1.81 bits per heavy atom. The standard InChI is InChI=1S/C11H16N4O/c1-3-5-8(12)11(16)15-9(4-2)10-13-6-7-14-10/h1,6-9H,4-5,12H2,2H3,(H,13,14)(H,15,16). The molecule has 0 aliphatic rings. The summed E-state index contributed by atoms with van der Waals surface area (Å²) in [5.41, 5.74) is 5.60. The van der Waals surface area contributed by atoms with E-state index in [2.05, 4.69) is 21.2 Å². The van der Waals surface area contributed by atoms with Gasteiger partial charge in [0.2, 0.25) is 5.91 Å². The number of carbonyl (C=O) groups excluding carboxylic acids is 1. The minimum absolute atomic E-state index is 0.147. The van der Waals surface area contributed by atoms with Crippen LogP contribution < -0.4 is 11.1 Å². The van der Waals surface area contributed by atoms with Crippen molar-refractivity contribution >= 4 is 5.91 Å². The molecule has 0 aromatic carbocycles. The van der Waals surface area contributed by atoms with Gasteiger partial charge in [0.1, 0.15) is 5.82 Å². The molecular formula is C11H16N4O. The highest BCUT2D eigenvalue weighted by molar-refractivity contribution is 5.82. The maximum atomic E-state index is 11.6. The third kappa shape index (κ3) is 3.11. The number of imidazole rings is 1. The SMILES string of the molecule is C#CCC(N)C(=O)NC(CC)c1ncc[nH]1. The van der Waals surface area contributed by atoms with E-state index in [1.54, 1.807) is 12.4 Å². The number of hydrogen-bond acceptors (Lipinski definition) is 3. The number of nitrogens with one attached hydrogen (secondary N) is 2. The van der Waals surface area contributed by atoms with Crippen LogP contribution in [0.3, 0.4) is 0 Å². The first kappa shape index (κ1) is 12.3. The zero-order valence-corrected chi connectivity index (χ0v) is 9.23. The van der Waals surface area contributed by atoms with Crippen molar-refractivity contribution in [3.8, 4) is 12.3 Å². The van der Waals surface area contributed by atoms with Gasteiger partial charge in [-0.15, -0.1) is 12.3 Å². The summed E-state index contributed by atoms with van der Waals surface area (Å²) in [5, 5.41) is 2.80. The second-order valence-electron chi connectivity index (χ2n) is 3.46. The van der Waals surface area contributed by atoms with Crippen LogP contribution in [0.2, 0.25) is 0 Å². The molecule has 2 unspecified atom stereocenters. The fraction of sp³-hybridized carbons (Fsp3) is 0.455. The molecule has 1 amide bonds. The van der Waals surface area contributed by atoms with Crippen molar-refractivity contribution in [3.63, 3.8) is 0 Å². The maximum Gasteiger partial charge on any atom is 0.238 e. The van der Waals surface area contributed by atoms with E-state index in [4.69, 9.17) is 12.2 Å². The number of amides is 1. The first-order chi connectivity index (χ1) is 7.69. The van der Waals surface area contributed by atoms with E-state index < -0.39 is 6.04 Å². The molecule has 86 valence electrons. The second kappa shape index (κ2) is 5.93. The van der Waals surface area contributed by atoms with E-state index in [-0.39, 0.29) is 18.4 Å². The Balaban J connectivity index is 2.58. The van der Waals surface area contributed by atoms with Crippen LogP contribution >= 0.6 is 0 Å². The first-order valence-electron chi connectivity index (χ1n) is 5.17. The monoisotopic (exact) mass is 220 g/mol. The average molecular weight is 220 g/mol. The van der Waals surface area contributed by atoms with Crippen molar-refractivity contribution in [2.45, 2.75) is 31.8 Å². The lowest BCUT2D eigenvalue weighted by Gasteiger charge is -2.17. The molecule has 0 aliphatic heterocycles. The third-order valence-electron chi connectivity index (χ3n) is 2.25. The van der Waals surface area contributed by atoms with Gasteiger partial charge in [0, 0.05) is 18.8 Å². The first-order valence-corrected chi connectivity index (χ1v) is 5.17. The van der Waals surface area contributed by atoms with Crippen molar-refractivity contribution in [1.82, 2.24) is 15.3 Å². The van der Waals surface area contributed by atoms with Crippen molar-refractivity contribution in [1.29, 1.82) is 0 Å². The summed E-state index contributed by atoms with van der Waals surface area (Å²) in [6.45, 7) is 1.96. The molecule has 0 bridgehead atoms. The van der Waals surface area contributed by atoms with Gasteiger partial charge in [-0.25, -0.2) is 4.98 Å². The Morgan fingerprint density at radius 3 is 3.06 bits per heavy atom. The van der Waals surface area contributed by atoms with Crippen LogP contribution in [0.25, 0.3) is 0 Å². The number of carbonyl (C=O) groups is 1. The number of aromatic nitrogens is 2. The van der Waals surface area contributed by atoms with Gasteiger partial charge in [-0.3, -0.25) is 4.79 Å². The summed E-state index contributed by atoms with van der Waals surface area (Å²) >= 11 is 0. The molecule has 0 fully saturated rings. The number of terminal acetylenes is 1. The molecule has 2 atom stereocenters. The number of nitrogens with zero attached hydrogens (tertiary/aromatic N) is 1. The zero-order chi connectivity index (χ0) is 12.0. The molecule has 0 saturated carbocycles. The van der Waals surface area contributed by atoms with Gasteiger partial charge >= 0.3 is 0 Å². The molecule has 0 aliphatic carbocycles. The van der Waals surface area contributed by atoms with Crippen molar-refractivity contribution in [2.75, 3.05) is 0 Å².